The van der Waals surface area contributed by atoms with E-state index in [1.807, 2.05) is 67.6 Å². The van der Waals surface area contributed by atoms with Gasteiger partial charge in [0.25, 0.3) is 5.24 Å². The van der Waals surface area contributed by atoms with Crippen molar-refractivity contribution in [3.8, 4) is 0 Å². The average Bonchev–Trinajstić information content (AvgIpc) is 3.31. The Morgan fingerprint density at radius 3 is 2.07 bits per heavy atom. The molecule has 0 bridgehead atoms. The summed E-state index contributed by atoms with van der Waals surface area (Å²) < 4.78 is 5.78. The zero-order valence-electron chi connectivity index (χ0n) is 18.4. The SMILES string of the molecule is CCCC[C@@](C)(OC(=O)NC(C)(C)C)SC(=O)N(Cc1cccs1)Cc1cccs1. The Balaban J connectivity index is 2.14. The number of hydrogen-bond donors (Lipinski definition) is 1. The lowest BCUT2D eigenvalue weighted by molar-refractivity contribution is 0.0749. The summed E-state index contributed by atoms with van der Waals surface area (Å²) in [6, 6.07) is 8.06. The number of rotatable bonds is 9. The lowest BCUT2D eigenvalue weighted by atomic mass is 10.1. The lowest BCUT2D eigenvalue weighted by Crippen LogP contribution is -2.45. The normalized spacial score (nSPS) is 13.5. The van der Waals surface area contributed by atoms with E-state index in [4.69, 9.17) is 4.74 Å². The maximum Gasteiger partial charge on any atom is 0.408 e. The number of alkyl carbamates (subject to hydrolysis) is 1. The molecule has 1 N–H and O–H groups in total. The maximum atomic E-state index is 13.3. The van der Waals surface area contributed by atoms with Crippen molar-refractivity contribution in [1.29, 1.82) is 0 Å². The number of carbonyl (C=O) groups excluding carboxylic acids is 2. The zero-order chi connectivity index (χ0) is 22.2. The molecule has 0 aliphatic heterocycles. The first-order valence-electron chi connectivity index (χ1n) is 10.1. The molecule has 0 fully saturated rings. The number of carbonyl (C=O) groups is 2. The number of ether oxygens (including phenoxy) is 1. The molecular weight excluding hydrogens is 436 g/mol. The van der Waals surface area contributed by atoms with Gasteiger partial charge in [0.15, 0.2) is 4.93 Å². The summed E-state index contributed by atoms with van der Waals surface area (Å²) in [5, 5.41) is 6.78. The van der Waals surface area contributed by atoms with Gasteiger partial charge in [-0.05, 0) is 75.2 Å². The molecule has 0 saturated heterocycles. The molecule has 0 aliphatic carbocycles. The van der Waals surface area contributed by atoms with Gasteiger partial charge < -0.3 is 15.0 Å². The van der Waals surface area contributed by atoms with Crippen LogP contribution in [0.5, 0.6) is 0 Å². The van der Waals surface area contributed by atoms with Crippen LogP contribution in [0.1, 0.15) is 63.6 Å². The number of nitrogens with one attached hydrogen (secondary N) is 1. The van der Waals surface area contributed by atoms with E-state index in [1.165, 1.54) is 0 Å². The molecule has 166 valence electrons. The summed E-state index contributed by atoms with van der Waals surface area (Å²) in [7, 11) is 0. The highest BCUT2D eigenvalue weighted by molar-refractivity contribution is 8.14. The second-order valence-corrected chi connectivity index (χ2v) is 11.9. The van der Waals surface area contributed by atoms with Crippen LogP contribution in [0.15, 0.2) is 35.0 Å². The highest BCUT2D eigenvalue weighted by Gasteiger charge is 2.35. The first kappa shape index (κ1) is 24.8. The Hall–Kier alpha value is -1.51. The van der Waals surface area contributed by atoms with Crippen molar-refractivity contribution < 1.29 is 14.3 Å². The van der Waals surface area contributed by atoms with Gasteiger partial charge in [0.2, 0.25) is 0 Å². The predicted octanol–water partition coefficient (Wildman–Crippen LogP) is 7.10. The molecule has 2 amide bonds. The van der Waals surface area contributed by atoms with Crippen molar-refractivity contribution in [2.24, 2.45) is 0 Å². The number of amides is 2. The topological polar surface area (TPSA) is 58.6 Å². The fourth-order valence-electron chi connectivity index (χ4n) is 2.76. The molecule has 2 rings (SSSR count). The Bertz CT molecular complexity index is 749. The van der Waals surface area contributed by atoms with Gasteiger partial charge in [-0.3, -0.25) is 4.79 Å². The minimum Gasteiger partial charge on any atom is -0.432 e. The van der Waals surface area contributed by atoms with Crippen molar-refractivity contribution >= 4 is 45.8 Å². The molecule has 30 heavy (non-hydrogen) atoms. The molecule has 8 heteroatoms. The largest absolute Gasteiger partial charge is 0.432 e. The molecule has 0 aliphatic rings. The van der Waals surface area contributed by atoms with E-state index in [-0.39, 0.29) is 5.24 Å². The van der Waals surface area contributed by atoms with Crippen LogP contribution in [0.4, 0.5) is 9.59 Å². The van der Waals surface area contributed by atoms with Gasteiger partial charge in [0.05, 0.1) is 13.1 Å². The van der Waals surface area contributed by atoms with Crippen LogP contribution in [-0.4, -0.2) is 26.7 Å². The summed E-state index contributed by atoms with van der Waals surface area (Å²) in [6.07, 6.45) is 1.95. The van der Waals surface area contributed by atoms with Gasteiger partial charge in [-0.2, -0.15) is 0 Å². The van der Waals surface area contributed by atoms with Gasteiger partial charge in [-0.15, -0.1) is 22.7 Å². The van der Waals surface area contributed by atoms with E-state index < -0.39 is 16.6 Å². The molecule has 1 atom stereocenters. The van der Waals surface area contributed by atoms with Crippen LogP contribution in [-0.2, 0) is 17.8 Å². The predicted molar refractivity (Wildman–Crippen MR) is 128 cm³/mol. The molecule has 0 radical (unpaired) electrons. The van der Waals surface area contributed by atoms with Crippen LogP contribution < -0.4 is 5.32 Å². The van der Waals surface area contributed by atoms with E-state index in [2.05, 4.69) is 12.2 Å². The van der Waals surface area contributed by atoms with Gasteiger partial charge in [0, 0.05) is 15.3 Å². The fourth-order valence-corrected chi connectivity index (χ4v) is 5.19. The molecule has 0 unspecified atom stereocenters. The average molecular weight is 469 g/mol. The van der Waals surface area contributed by atoms with Gasteiger partial charge in [-0.25, -0.2) is 4.79 Å². The van der Waals surface area contributed by atoms with Crippen LogP contribution in [0.25, 0.3) is 0 Å². The van der Waals surface area contributed by atoms with Crippen molar-refractivity contribution in [2.45, 2.75) is 77.4 Å². The third-order valence-corrected chi connectivity index (χ3v) is 7.06. The second kappa shape index (κ2) is 11.2. The van der Waals surface area contributed by atoms with Crippen LogP contribution in [0.2, 0.25) is 0 Å². The van der Waals surface area contributed by atoms with Crippen molar-refractivity contribution in [2.75, 3.05) is 0 Å². The number of hydrogen-bond acceptors (Lipinski definition) is 6. The quantitative estimate of drug-likeness (QED) is 0.399. The number of unbranched alkanes of at least 4 members (excludes halogenated alkanes) is 1. The lowest BCUT2D eigenvalue weighted by Gasteiger charge is -2.32. The summed E-state index contributed by atoms with van der Waals surface area (Å²) in [6.45, 7) is 10.7. The summed E-state index contributed by atoms with van der Waals surface area (Å²) in [5.41, 5.74) is -0.401. The molecular formula is C22H32N2O3S3. The second-order valence-electron chi connectivity index (χ2n) is 8.38. The molecule has 2 heterocycles. The van der Waals surface area contributed by atoms with E-state index in [9.17, 15) is 9.59 Å². The Kier molecular flexibility index (Phi) is 9.25. The number of thioether (sulfide) groups is 1. The molecule has 0 spiro atoms. The standard InChI is InChI=1S/C22H32N2O3S3/c1-6-7-12-22(5,27-19(25)23-21(2,3)4)30-20(26)24(15-17-10-8-13-28-17)16-18-11-9-14-29-18/h8-11,13-14H,6-7,12,15-16H2,1-5H3,(H,23,25)/t22-/m0/s1. The van der Waals surface area contributed by atoms with Gasteiger partial charge >= 0.3 is 6.09 Å². The van der Waals surface area contributed by atoms with Crippen molar-refractivity contribution in [3.05, 3.63) is 44.8 Å². The maximum absolute atomic E-state index is 13.3. The van der Waals surface area contributed by atoms with Gasteiger partial charge in [0.1, 0.15) is 0 Å². The monoisotopic (exact) mass is 468 g/mol. The first-order chi connectivity index (χ1) is 14.1. The summed E-state index contributed by atoms with van der Waals surface area (Å²) >= 11 is 4.38. The third-order valence-electron chi connectivity index (χ3n) is 4.19. The van der Waals surface area contributed by atoms with Crippen LogP contribution in [0.3, 0.4) is 0 Å². The summed E-state index contributed by atoms with van der Waals surface area (Å²) in [5.74, 6) is 0. The molecule has 0 saturated carbocycles. The summed E-state index contributed by atoms with van der Waals surface area (Å²) in [4.78, 5) is 28.9. The molecule has 2 aromatic heterocycles. The molecule has 2 aromatic rings. The van der Waals surface area contributed by atoms with E-state index in [1.54, 1.807) is 22.7 Å². The highest BCUT2D eigenvalue weighted by atomic mass is 32.2. The van der Waals surface area contributed by atoms with Crippen molar-refractivity contribution in [1.82, 2.24) is 10.2 Å². The Labute approximate surface area is 192 Å². The van der Waals surface area contributed by atoms with E-state index in [0.29, 0.717) is 19.5 Å². The fraction of sp³-hybridized carbons (Fsp3) is 0.545. The third kappa shape index (κ3) is 8.70. The van der Waals surface area contributed by atoms with Crippen molar-refractivity contribution in [3.63, 3.8) is 0 Å². The number of nitrogens with zero attached hydrogens (tertiary/aromatic N) is 1. The minimum atomic E-state index is -0.925. The molecule has 0 aromatic carbocycles. The zero-order valence-corrected chi connectivity index (χ0v) is 20.8. The van der Waals surface area contributed by atoms with Crippen LogP contribution >= 0.6 is 34.4 Å². The Morgan fingerprint density at radius 1 is 1.07 bits per heavy atom. The first-order valence-corrected chi connectivity index (χ1v) is 12.7. The van der Waals surface area contributed by atoms with Gasteiger partial charge in [-0.1, -0.05) is 25.5 Å². The Morgan fingerprint density at radius 2 is 1.63 bits per heavy atom. The number of thiophene rings is 2. The minimum absolute atomic E-state index is 0.0843. The van der Waals surface area contributed by atoms with Crippen LogP contribution in [0, 0.1) is 0 Å². The molecule has 5 nitrogen and oxygen atoms in total. The smallest absolute Gasteiger partial charge is 0.408 e. The van der Waals surface area contributed by atoms with E-state index >= 15 is 0 Å². The highest BCUT2D eigenvalue weighted by Crippen LogP contribution is 2.35. The van der Waals surface area contributed by atoms with E-state index in [0.717, 1.165) is 34.4 Å².